The molecular formula is C24H30N6O. The second kappa shape index (κ2) is 10.4. The van der Waals surface area contributed by atoms with Gasteiger partial charge in [-0.2, -0.15) is 5.10 Å². The molecule has 1 aromatic heterocycles. The summed E-state index contributed by atoms with van der Waals surface area (Å²) >= 11 is 0. The van der Waals surface area contributed by atoms with Gasteiger partial charge in [-0.3, -0.25) is 9.79 Å². The van der Waals surface area contributed by atoms with Gasteiger partial charge in [0.2, 0.25) is 0 Å². The number of carbonyl (C=O) groups excluding carboxylic acids is 1. The van der Waals surface area contributed by atoms with E-state index in [0.29, 0.717) is 12.1 Å². The molecule has 0 aliphatic rings. The number of guanidine groups is 1. The molecule has 0 bridgehead atoms. The Morgan fingerprint density at radius 3 is 2.55 bits per heavy atom. The predicted molar refractivity (Wildman–Crippen MR) is 125 cm³/mol. The Morgan fingerprint density at radius 2 is 1.84 bits per heavy atom. The zero-order valence-corrected chi connectivity index (χ0v) is 18.6. The van der Waals surface area contributed by atoms with Crippen molar-refractivity contribution in [1.82, 2.24) is 24.9 Å². The molecule has 3 rings (SSSR count). The van der Waals surface area contributed by atoms with E-state index >= 15 is 0 Å². The van der Waals surface area contributed by atoms with Crippen molar-refractivity contribution in [3.8, 4) is 5.69 Å². The molecular weight excluding hydrogens is 388 g/mol. The number of aromatic nitrogens is 2. The first-order valence-electron chi connectivity index (χ1n) is 10.3. The highest BCUT2D eigenvalue weighted by Crippen LogP contribution is 2.10. The van der Waals surface area contributed by atoms with Gasteiger partial charge in [-0.15, -0.1) is 0 Å². The van der Waals surface area contributed by atoms with Crippen molar-refractivity contribution < 1.29 is 4.79 Å². The summed E-state index contributed by atoms with van der Waals surface area (Å²) in [4.78, 5) is 20.2. The van der Waals surface area contributed by atoms with Gasteiger partial charge in [0.15, 0.2) is 5.96 Å². The Hall–Kier alpha value is -3.61. The standard InChI is InChI=1S/C24H30N6O/c1-25-24(26-14-13-19-9-8-10-21(15-19)23(31)28(2)3)29(4)17-20-16-27-30(18-20)22-11-6-5-7-12-22/h5-12,15-16,18H,13-14,17H2,1-4H3,(H,25,26). The fraction of sp³-hybridized carbons (Fsp3) is 0.292. The van der Waals surface area contributed by atoms with Crippen LogP contribution in [0.25, 0.3) is 5.69 Å². The van der Waals surface area contributed by atoms with Crippen LogP contribution >= 0.6 is 0 Å². The number of para-hydroxylation sites is 1. The van der Waals surface area contributed by atoms with Crippen LogP contribution in [0.3, 0.4) is 0 Å². The van der Waals surface area contributed by atoms with Crippen molar-refractivity contribution in [3.63, 3.8) is 0 Å². The van der Waals surface area contributed by atoms with Crippen LogP contribution in [0.2, 0.25) is 0 Å². The number of aliphatic imine (C=N–C) groups is 1. The number of carbonyl (C=O) groups is 1. The number of benzene rings is 2. The maximum Gasteiger partial charge on any atom is 0.253 e. The van der Waals surface area contributed by atoms with E-state index in [1.54, 1.807) is 26.0 Å². The van der Waals surface area contributed by atoms with Gasteiger partial charge in [-0.1, -0.05) is 30.3 Å². The average molecular weight is 419 g/mol. The monoisotopic (exact) mass is 418 g/mol. The molecule has 0 aliphatic carbocycles. The first-order chi connectivity index (χ1) is 15.0. The van der Waals surface area contributed by atoms with E-state index in [-0.39, 0.29) is 5.91 Å². The Balaban J connectivity index is 1.54. The van der Waals surface area contributed by atoms with E-state index in [9.17, 15) is 4.79 Å². The molecule has 3 aromatic rings. The summed E-state index contributed by atoms with van der Waals surface area (Å²) in [5.74, 6) is 0.828. The van der Waals surface area contributed by atoms with Crippen molar-refractivity contribution in [2.75, 3.05) is 34.7 Å². The lowest BCUT2D eigenvalue weighted by Gasteiger charge is -2.21. The molecule has 0 unspecified atom stereocenters. The number of nitrogens with one attached hydrogen (secondary N) is 1. The molecule has 0 aliphatic heterocycles. The van der Waals surface area contributed by atoms with Crippen LogP contribution in [0.4, 0.5) is 0 Å². The first-order valence-corrected chi connectivity index (χ1v) is 10.3. The highest BCUT2D eigenvalue weighted by molar-refractivity contribution is 5.94. The average Bonchev–Trinajstić information content (AvgIpc) is 3.25. The smallest absolute Gasteiger partial charge is 0.253 e. The molecule has 0 fully saturated rings. The second-order valence-corrected chi connectivity index (χ2v) is 7.61. The summed E-state index contributed by atoms with van der Waals surface area (Å²) in [6, 6.07) is 17.8. The highest BCUT2D eigenvalue weighted by Gasteiger charge is 2.10. The van der Waals surface area contributed by atoms with E-state index < -0.39 is 0 Å². The van der Waals surface area contributed by atoms with Crippen molar-refractivity contribution in [3.05, 3.63) is 83.7 Å². The quantitative estimate of drug-likeness (QED) is 0.473. The molecule has 7 heteroatoms. The Morgan fingerprint density at radius 1 is 1.06 bits per heavy atom. The minimum atomic E-state index is 0.0152. The van der Waals surface area contributed by atoms with Crippen LogP contribution in [0.5, 0.6) is 0 Å². The molecule has 31 heavy (non-hydrogen) atoms. The molecule has 2 aromatic carbocycles. The number of hydrogen-bond acceptors (Lipinski definition) is 3. The molecule has 0 radical (unpaired) electrons. The Labute approximate surface area is 184 Å². The van der Waals surface area contributed by atoms with Crippen LogP contribution in [0, 0.1) is 0 Å². The molecule has 0 saturated heterocycles. The van der Waals surface area contributed by atoms with Gasteiger partial charge in [-0.25, -0.2) is 4.68 Å². The molecule has 7 nitrogen and oxygen atoms in total. The SMILES string of the molecule is CN=C(NCCc1cccc(C(=O)N(C)C)c1)N(C)Cc1cnn(-c2ccccc2)c1. The van der Waals surface area contributed by atoms with Gasteiger partial charge in [0.1, 0.15) is 0 Å². The maximum absolute atomic E-state index is 12.2. The van der Waals surface area contributed by atoms with Gasteiger partial charge >= 0.3 is 0 Å². The predicted octanol–water partition coefficient (Wildman–Crippen LogP) is 2.82. The third-order valence-electron chi connectivity index (χ3n) is 4.93. The van der Waals surface area contributed by atoms with E-state index in [1.807, 2.05) is 78.7 Å². The first kappa shape index (κ1) is 22.1. The topological polar surface area (TPSA) is 65.8 Å². The molecule has 1 N–H and O–H groups in total. The highest BCUT2D eigenvalue weighted by atomic mass is 16.2. The Bertz CT molecular complexity index is 1030. The van der Waals surface area contributed by atoms with E-state index in [1.165, 1.54) is 0 Å². The van der Waals surface area contributed by atoms with E-state index in [2.05, 4.69) is 20.3 Å². The van der Waals surface area contributed by atoms with Gasteiger partial charge in [0.25, 0.3) is 5.91 Å². The lowest BCUT2D eigenvalue weighted by atomic mass is 10.1. The molecule has 0 atom stereocenters. The normalized spacial score (nSPS) is 11.3. The Kier molecular flexibility index (Phi) is 7.43. The van der Waals surface area contributed by atoms with Crippen LogP contribution in [0.1, 0.15) is 21.5 Å². The summed E-state index contributed by atoms with van der Waals surface area (Å²) in [7, 11) is 7.31. The molecule has 1 amide bonds. The van der Waals surface area contributed by atoms with E-state index in [4.69, 9.17) is 0 Å². The summed E-state index contributed by atoms with van der Waals surface area (Å²) < 4.78 is 1.88. The molecule has 0 saturated carbocycles. The minimum absolute atomic E-state index is 0.0152. The lowest BCUT2D eigenvalue weighted by Crippen LogP contribution is -2.39. The van der Waals surface area contributed by atoms with Crippen molar-refractivity contribution >= 4 is 11.9 Å². The van der Waals surface area contributed by atoms with E-state index in [0.717, 1.165) is 35.7 Å². The van der Waals surface area contributed by atoms with Gasteiger partial charge in [0.05, 0.1) is 11.9 Å². The number of amides is 1. The largest absolute Gasteiger partial charge is 0.356 e. The van der Waals surface area contributed by atoms with Crippen LogP contribution in [0.15, 0.2) is 72.0 Å². The fourth-order valence-corrected chi connectivity index (χ4v) is 3.33. The number of hydrogen-bond donors (Lipinski definition) is 1. The third kappa shape index (κ3) is 5.94. The maximum atomic E-state index is 12.2. The molecule has 0 spiro atoms. The van der Waals surface area contributed by atoms with Crippen LogP contribution in [-0.4, -0.2) is 66.2 Å². The fourth-order valence-electron chi connectivity index (χ4n) is 3.33. The van der Waals surface area contributed by atoms with Crippen LogP contribution < -0.4 is 5.32 Å². The molecule has 1 heterocycles. The summed E-state index contributed by atoms with van der Waals surface area (Å²) in [6.07, 6.45) is 4.71. The zero-order valence-electron chi connectivity index (χ0n) is 18.6. The number of nitrogens with zero attached hydrogens (tertiary/aromatic N) is 5. The van der Waals surface area contributed by atoms with Gasteiger partial charge < -0.3 is 15.1 Å². The van der Waals surface area contributed by atoms with Crippen molar-refractivity contribution in [2.24, 2.45) is 4.99 Å². The number of rotatable bonds is 7. The lowest BCUT2D eigenvalue weighted by molar-refractivity contribution is 0.0827. The van der Waals surface area contributed by atoms with Gasteiger partial charge in [0, 0.05) is 58.6 Å². The summed E-state index contributed by atoms with van der Waals surface area (Å²) in [5, 5.41) is 7.86. The zero-order chi connectivity index (χ0) is 22.2. The van der Waals surface area contributed by atoms with Gasteiger partial charge in [-0.05, 0) is 36.2 Å². The molecule has 162 valence electrons. The second-order valence-electron chi connectivity index (χ2n) is 7.61. The van der Waals surface area contributed by atoms with Crippen LogP contribution in [-0.2, 0) is 13.0 Å². The third-order valence-corrected chi connectivity index (χ3v) is 4.93. The summed E-state index contributed by atoms with van der Waals surface area (Å²) in [6.45, 7) is 1.42. The minimum Gasteiger partial charge on any atom is -0.356 e. The van der Waals surface area contributed by atoms with Crippen molar-refractivity contribution in [1.29, 1.82) is 0 Å². The summed E-state index contributed by atoms with van der Waals surface area (Å²) in [5.41, 5.74) is 3.96. The van der Waals surface area contributed by atoms with Crippen molar-refractivity contribution in [2.45, 2.75) is 13.0 Å².